The SMILES string of the molecule is Fc1ccccc1CN(CCCn1ccnc1)Cc1cccc2ncccc12.O=C(O)CC(O)(CC(=O)O)C(=O)O. The quantitative estimate of drug-likeness (QED) is 0.188. The van der Waals surface area contributed by atoms with Crippen molar-refractivity contribution in [2.45, 2.75) is 44.5 Å². The van der Waals surface area contributed by atoms with E-state index in [0.717, 1.165) is 42.5 Å². The van der Waals surface area contributed by atoms with Gasteiger partial charge >= 0.3 is 17.9 Å². The van der Waals surface area contributed by atoms with Crippen LogP contribution < -0.4 is 0 Å². The first-order chi connectivity index (χ1) is 19.6. The Bertz CT molecular complexity index is 1440. The van der Waals surface area contributed by atoms with E-state index < -0.39 is 36.4 Å². The maximum Gasteiger partial charge on any atom is 0.336 e. The highest BCUT2D eigenvalue weighted by molar-refractivity contribution is 5.88. The minimum Gasteiger partial charge on any atom is -0.481 e. The highest BCUT2D eigenvalue weighted by Gasteiger charge is 2.40. The number of aliphatic carboxylic acids is 3. The van der Waals surface area contributed by atoms with Crippen molar-refractivity contribution >= 4 is 28.8 Å². The van der Waals surface area contributed by atoms with Gasteiger partial charge in [0.25, 0.3) is 0 Å². The molecule has 2 aromatic carbocycles. The first-order valence-corrected chi connectivity index (χ1v) is 12.7. The van der Waals surface area contributed by atoms with Crippen LogP contribution in [0.1, 0.15) is 30.4 Å². The van der Waals surface area contributed by atoms with Crippen molar-refractivity contribution in [3.63, 3.8) is 0 Å². The van der Waals surface area contributed by atoms with Crippen LogP contribution in [0.15, 0.2) is 79.5 Å². The van der Waals surface area contributed by atoms with Gasteiger partial charge in [0.2, 0.25) is 0 Å². The molecule has 0 spiro atoms. The second-order valence-corrected chi connectivity index (χ2v) is 9.42. The Hall–Kier alpha value is -4.68. The highest BCUT2D eigenvalue weighted by atomic mass is 19.1. The van der Waals surface area contributed by atoms with E-state index in [1.165, 1.54) is 11.6 Å². The molecule has 0 radical (unpaired) electrons. The number of carboxylic acid groups (broad SMARTS) is 3. The monoisotopic (exact) mass is 566 g/mol. The maximum absolute atomic E-state index is 14.2. The molecule has 0 amide bonds. The maximum atomic E-state index is 14.2. The van der Waals surface area contributed by atoms with Gasteiger partial charge in [0, 0.05) is 55.7 Å². The smallest absolute Gasteiger partial charge is 0.336 e. The van der Waals surface area contributed by atoms with E-state index in [1.807, 2.05) is 49.1 Å². The number of carbonyl (C=O) groups is 3. The number of halogens is 1. The van der Waals surface area contributed by atoms with Crippen LogP contribution >= 0.6 is 0 Å². The lowest BCUT2D eigenvalue weighted by atomic mass is 9.96. The predicted octanol–water partition coefficient (Wildman–Crippen LogP) is 3.41. The normalized spacial score (nSPS) is 11.2. The summed E-state index contributed by atoms with van der Waals surface area (Å²) in [7, 11) is 0. The molecule has 41 heavy (non-hydrogen) atoms. The molecule has 12 heteroatoms. The highest BCUT2D eigenvalue weighted by Crippen LogP contribution is 2.20. The minimum atomic E-state index is -2.74. The van der Waals surface area contributed by atoms with Crippen LogP contribution in [0.25, 0.3) is 10.9 Å². The van der Waals surface area contributed by atoms with Crippen LogP contribution in [-0.4, -0.2) is 69.9 Å². The number of fused-ring (bicyclic) bond motifs is 1. The Kier molecular flexibility index (Phi) is 11.0. The van der Waals surface area contributed by atoms with Crippen molar-refractivity contribution in [1.82, 2.24) is 19.4 Å². The number of pyridine rings is 1. The van der Waals surface area contributed by atoms with Crippen molar-refractivity contribution in [3.8, 4) is 0 Å². The minimum absolute atomic E-state index is 0.151. The standard InChI is InChI=1S/C23H23FN4.C6H8O7/c24-22-9-2-1-6-20(22)17-28(14-5-13-27-15-12-25-18-27)16-19-7-3-10-23-21(19)8-4-11-26-23;7-3(8)1-6(13,5(11)12)2-4(9)10/h1-4,6-12,15,18H,5,13-14,16-17H2;13H,1-2H2,(H,7,8)(H,9,10)(H,11,12). The molecule has 4 rings (SSSR count). The fourth-order valence-electron chi connectivity index (χ4n) is 4.24. The Morgan fingerprint density at radius 2 is 1.56 bits per heavy atom. The van der Waals surface area contributed by atoms with E-state index in [-0.39, 0.29) is 5.82 Å². The van der Waals surface area contributed by atoms with Crippen LogP contribution in [0.3, 0.4) is 0 Å². The van der Waals surface area contributed by atoms with Crippen molar-refractivity contribution in [3.05, 3.63) is 96.5 Å². The number of hydrogen-bond acceptors (Lipinski definition) is 7. The van der Waals surface area contributed by atoms with Gasteiger partial charge in [-0.15, -0.1) is 0 Å². The summed E-state index contributed by atoms with van der Waals surface area (Å²) in [6, 6.07) is 17.3. The Morgan fingerprint density at radius 1 is 0.878 bits per heavy atom. The lowest BCUT2D eigenvalue weighted by Crippen LogP contribution is -2.42. The van der Waals surface area contributed by atoms with Crippen molar-refractivity contribution < 1.29 is 39.2 Å². The van der Waals surface area contributed by atoms with E-state index in [2.05, 4.69) is 31.6 Å². The van der Waals surface area contributed by atoms with Crippen molar-refractivity contribution in [1.29, 1.82) is 0 Å². The van der Waals surface area contributed by atoms with Crippen LogP contribution in [0.5, 0.6) is 0 Å². The Labute approximate surface area is 235 Å². The number of nitrogens with zero attached hydrogens (tertiary/aromatic N) is 4. The molecule has 0 bridgehead atoms. The number of carboxylic acids is 3. The van der Waals surface area contributed by atoms with Gasteiger partial charge in [-0.2, -0.15) is 0 Å². The largest absolute Gasteiger partial charge is 0.481 e. The Morgan fingerprint density at radius 3 is 2.20 bits per heavy atom. The van der Waals surface area contributed by atoms with Gasteiger partial charge in [-0.25, -0.2) is 14.2 Å². The third-order valence-electron chi connectivity index (χ3n) is 6.22. The molecule has 11 nitrogen and oxygen atoms in total. The average Bonchev–Trinajstić information content (AvgIpc) is 3.43. The first-order valence-electron chi connectivity index (χ1n) is 12.7. The molecule has 216 valence electrons. The molecule has 2 heterocycles. The molecule has 0 saturated carbocycles. The van der Waals surface area contributed by atoms with Crippen LogP contribution in [0.4, 0.5) is 4.39 Å². The number of aryl methyl sites for hydroxylation is 1. The topological polar surface area (TPSA) is 166 Å². The molecular weight excluding hydrogens is 535 g/mol. The molecular formula is C29H31FN4O7. The van der Waals surface area contributed by atoms with Gasteiger partial charge in [-0.1, -0.05) is 36.4 Å². The van der Waals surface area contributed by atoms with E-state index in [9.17, 15) is 18.8 Å². The number of rotatable bonds is 13. The van der Waals surface area contributed by atoms with Gasteiger partial charge in [0.1, 0.15) is 5.82 Å². The fraction of sp³-hybridized carbons (Fsp3) is 0.276. The first kappa shape index (κ1) is 30.9. The van der Waals surface area contributed by atoms with Crippen LogP contribution in [0.2, 0.25) is 0 Å². The van der Waals surface area contributed by atoms with Crippen molar-refractivity contribution in [2.75, 3.05) is 6.54 Å². The van der Waals surface area contributed by atoms with E-state index in [4.69, 9.17) is 20.4 Å². The zero-order chi connectivity index (χ0) is 29.8. The second-order valence-electron chi connectivity index (χ2n) is 9.42. The van der Waals surface area contributed by atoms with E-state index in [0.29, 0.717) is 6.54 Å². The summed E-state index contributed by atoms with van der Waals surface area (Å²) in [5.41, 5.74) is 0.190. The molecule has 0 atom stereocenters. The van der Waals surface area contributed by atoms with E-state index >= 15 is 0 Å². The molecule has 0 aliphatic heterocycles. The lowest BCUT2D eigenvalue weighted by molar-refractivity contribution is -0.170. The summed E-state index contributed by atoms with van der Waals surface area (Å²) >= 11 is 0. The van der Waals surface area contributed by atoms with Gasteiger partial charge in [0.15, 0.2) is 5.60 Å². The zero-order valence-corrected chi connectivity index (χ0v) is 22.1. The number of hydrogen-bond donors (Lipinski definition) is 4. The van der Waals surface area contributed by atoms with Gasteiger partial charge in [-0.3, -0.25) is 19.5 Å². The summed E-state index contributed by atoms with van der Waals surface area (Å²) in [5, 5.41) is 35.0. The molecule has 0 aliphatic carbocycles. The molecule has 2 aromatic heterocycles. The summed E-state index contributed by atoms with van der Waals surface area (Å²) in [6.07, 6.45) is 6.08. The second kappa shape index (κ2) is 14.6. The van der Waals surface area contributed by atoms with Gasteiger partial charge in [0.05, 0.1) is 24.7 Å². The molecule has 4 N–H and O–H groups in total. The molecule has 0 aliphatic rings. The van der Waals surface area contributed by atoms with Gasteiger partial charge < -0.3 is 25.0 Å². The average molecular weight is 567 g/mol. The van der Waals surface area contributed by atoms with Crippen molar-refractivity contribution in [2.24, 2.45) is 0 Å². The number of aliphatic hydroxyl groups is 1. The predicted molar refractivity (Wildman–Crippen MR) is 146 cm³/mol. The number of imidazole rings is 1. The van der Waals surface area contributed by atoms with E-state index in [1.54, 1.807) is 12.3 Å². The third kappa shape index (κ3) is 9.48. The number of aromatic nitrogens is 3. The summed E-state index contributed by atoms with van der Waals surface area (Å²) in [5.74, 6) is -5.17. The summed E-state index contributed by atoms with van der Waals surface area (Å²) in [4.78, 5) is 41.3. The lowest BCUT2D eigenvalue weighted by Gasteiger charge is -2.23. The van der Waals surface area contributed by atoms with Gasteiger partial charge in [-0.05, 0) is 30.2 Å². The Balaban J connectivity index is 0.000000302. The number of benzene rings is 2. The third-order valence-corrected chi connectivity index (χ3v) is 6.22. The fourth-order valence-corrected chi connectivity index (χ4v) is 4.24. The molecule has 0 saturated heterocycles. The zero-order valence-electron chi connectivity index (χ0n) is 22.1. The molecule has 0 unspecified atom stereocenters. The summed E-state index contributed by atoms with van der Waals surface area (Å²) in [6.45, 7) is 3.09. The van der Waals surface area contributed by atoms with Crippen LogP contribution in [0, 0.1) is 5.82 Å². The molecule has 4 aromatic rings. The summed E-state index contributed by atoms with van der Waals surface area (Å²) < 4.78 is 16.3. The molecule has 0 fully saturated rings. The van der Waals surface area contributed by atoms with Crippen LogP contribution in [-0.2, 0) is 34.0 Å².